The van der Waals surface area contributed by atoms with Crippen LogP contribution in [0.2, 0.25) is 0 Å². The van der Waals surface area contributed by atoms with Gasteiger partial charge in [-0.2, -0.15) is 0 Å². The van der Waals surface area contributed by atoms with Crippen LogP contribution in [0, 0.1) is 0 Å². The van der Waals surface area contributed by atoms with E-state index < -0.39 is 0 Å². The summed E-state index contributed by atoms with van der Waals surface area (Å²) < 4.78 is 0. The predicted octanol–water partition coefficient (Wildman–Crippen LogP) is 2.71. The summed E-state index contributed by atoms with van der Waals surface area (Å²) in [4.78, 5) is 5.06. The average Bonchev–Trinajstić information content (AvgIpc) is 2.44. The van der Waals surface area contributed by atoms with Crippen molar-refractivity contribution in [2.45, 2.75) is 58.9 Å². The molecule has 0 aliphatic carbocycles. The lowest BCUT2D eigenvalue weighted by Gasteiger charge is -2.42. The zero-order valence-electron chi connectivity index (χ0n) is 14.3. The van der Waals surface area contributed by atoms with Crippen LogP contribution in [0.4, 0.5) is 0 Å². The van der Waals surface area contributed by atoms with Crippen molar-refractivity contribution in [1.29, 1.82) is 0 Å². The Hall–Kier alpha value is -0.900. The van der Waals surface area contributed by atoms with Crippen molar-refractivity contribution < 1.29 is 0 Å². The molecule has 1 aliphatic rings. The van der Waals surface area contributed by atoms with Gasteiger partial charge >= 0.3 is 0 Å². The molecule has 0 radical (unpaired) electrons. The Bertz CT molecular complexity index is 415. The van der Waals surface area contributed by atoms with Crippen LogP contribution in [0.5, 0.6) is 0 Å². The molecule has 3 nitrogen and oxygen atoms in total. The maximum atomic E-state index is 3.46. The van der Waals surface area contributed by atoms with E-state index in [1.807, 2.05) is 0 Å². The van der Waals surface area contributed by atoms with Gasteiger partial charge in [-0.05, 0) is 32.0 Å². The molecule has 2 rings (SSSR count). The quantitative estimate of drug-likeness (QED) is 0.899. The fourth-order valence-corrected chi connectivity index (χ4v) is 2.99. The molecule has 1 heterocycles. The van der Waals surface area contributed by atoms with Crippen molar-refractivity contribution in [2.75, 3.05) is 20.1 Å². The van der Waals surface area contributed by atoms with Gasteiger partial charge in [-0.3, -0.25) is 9.80 Å². The van der Waals surface area contributed by atoms with Crippen LogP contribution >= 0.6 is 0 Å². The summed E-state index contributed by atoms with van der Waals surface area (Å²) in [5.41, 5.74) is 2.79. The fourth-order valence-electron chi connectivity index (χ4n) is 2.99. The highest BCUT2D eigenvalue weighted by Crippen LogP contribution is 2.16. The molecular weight excluding hydrogens is 258 g/mol. The van der Waals surface area contributed by atoms with Gasteiger partial charge in [0.1, 0.15) is 0 Å². The number of likely N-dealkylation sites (N-methyl/N-ethyl adjacent to an activating group) is 1. The third-order valence-corrected chi connectivity index (χ3v) is 4.58. The summed E-state index contributed by atoms with van der Waals surface area (Å²) in [5, 5.41) is 3.46. The minimum Gasteiger partial charge on any atom is -0.310 e. The molecule has 1 saturated heterocycles. The Morgan fingerprint density at radius 2 is 1.57 bits per heavy atom. The maximum Gasteiger partial charge on any atom is 0.0235 e. The standard InChI is InChI=1S/C18H31N3/c1-14(2)19-10-17-6-8-18(9-7-17)13-21-11-15(3)20(5)16(4)12-21/h6-9,14-16,19H,10-13H2,1-5H3. The molecule has 0 aromatic heterocycles. The van der Waals surface area contributed by atoms with Gasteiger partial charge in [0.15, 0.2) is 0 Å². The van der Waals surface area contributed by atoms with Gasteiger partial charge in [-0.25, -0.2) is 0 Å². The molecule has 118 valence electrons. The molecular formula is C18H31N3. The molecule has 3 heteroatoms. The second-order valence-electron chi connectivity index (χ2n) is 6.91. The van der Waals surface area contributed by atoms with E-state index in [4.69, 9.17) is 0 Å². The highest BCUT2D eigenvalue weighted by molar-refractivity contribution is 5.22. The first-order chi connectivity index (χ1) is 9.95. The van der Waals surface area contributed by atoms with Gasteiger partial charge in [0.05, 0.1) is 0 Å². The van der Waals surface area contributed by atoms with Gasteiger partial charge in [0.2, 0.25) is 0 Å². The van der Waals surface area contributed by atoms with Gasteiger partial charge in [-0.1, -0.05) is 38.1 Å². The van der Waals surface area contributed by atoms with Crippen LogP contribution in [-0.4, -0.2) is 48.1 Å². The number of nitrogens with one attached hydrogen (secondary N) is 1. The normalized spacial score (nSPS) is 24.7. The fraction of sp³-hybridized carbons (Fsp3) is 0.667. The highest BCUT2D eigenvalue weighted by Gasteiger charge is 2.26. The minimum atomic E-state index is 0.540. The number of hydrogen-bond acceptors (Lipinski definition) is 3. The molecule has 21 heavy (non-hydrogen) atoms. The summed E-state index contributed by atoms with van der Waals surface area (Å²) in [7, 11) is 2.24. The maximum absolute atomic E-state index is 3.46. The molecule has 1 aromatic rings. The number of hydrogen-bond donors (Lipinski definition) is 1. The van der Waals surface area contributed by atoms with Crippen LogP contribution in [0.3, 0.4) is 0 Å². The number of rotatable bonds is 5. The van der Waals surface area contributed by atoms with E-state index in [0.29, 0.717) is 18.1 Å². The Balaban J connectivity index is 1.88. The highest BCUT2D eigenvalue weighted by atomic mass is 15.3. The SMILES string of the molecule is CC(C)NCc1ccc(CN2CC(C)N(C)C(C)C2)cc1. The Kier molecular flexibility index (Phi) is 5.80. The third-order valence-electron chi connectivity index (χ3n) is 4.58. The van der Waals surface area contributed by atoms with Gasteiger partial charge in [0.25, 0.3) is 0 Å². The minimum absolute atomic E-state index is 0.540. The van der Waals surface area contributed by atoms with E-state index in [1.165, 1.54) is 11.1 Å². The molecule has 0 saturated carbocycles. The molecule has 1 fully saturated rings. The second-order valence-corrected chi connectivity index (χ2v) is 6.91. The Labute approximate surface area is 130 Å². The first-order valence-corrected chi connectivity index (χ1v) is 8.21. The predicted molar refractivity (Wildman–Crippen MR) is 90.4 cm³/mol. The lowest BCUT2D eigenvalue weighted by molar-refractivity contribution is 0.0556. The number of piperazine rings is 1. The Morgan fingerprint density at radius 3 is 2.10 bits per heavy atom. The summed E-state index contributed by atoms with van der Waals surface area (Å²) in [5.74, 6) is 0. The molecule has 2 unspecified atom stereocenters. The van der Waals surface area contributed by atoms with E-state index in [9.17, 15) is 0 Å². The number of nitrogens with zero attached hydrogens (tertiary/aromatic N) is 2. The summed E-state index contributed by atoms with van der Waals surface area (Å²) in [6.45, 7) is 13.4. The smallest absolute Gasteiger partial charge is 0.0235 e. The summed E-state index contributed by atoms with van der Waals surface area (Å²) >= 11 is 0. The summed E-state index contributed by atoms with van der Waals surface area (Å²) in [6, 6.07) is 10.9. The van der Waals surface area contributed by atoms with E-state index >= 15 is 0 Å². The number of benzene rings is 1. The zero-order chi connectivity index (χ0) is 15.4. The van der Waals surface area contributed by atoms with E-state index in [2.05, 4.69) is 74.1 Å². The molecule has 1 aliphatic heterocycles. The molecule has 1 N–H and O–H groups in total. The molecule has 1 aromatic carbocycles. The molecule has 0 bridgehead atoms. The van der Waals surface area contributed by atoms with Crippen molar-refractivity contribution >= 4 is 0 Å². The van der Waals surface area contributed by atoms with Crippen molar-refractivity contribution in [2.24, 2.45) is 0 Å². The average molecular weight is 289 g/mol. The van der Waals surface area contributed by atoms with Crippen LogP contribution in [0.25, 0.3) is 0 Å². The third kappa shape index (κ3) is 4.80. The molecule has 2 atom stereocenters. The van der Waals surface area contributed by atoms with Gasteiger partial charge < -0.3 is 5.32 Å². The zero-order valence-corrected chi connectivity index (χ0v) is 14.3. The first-order valence-electron chi connectivity index (χ1n) is 8.21. The summed E-state index contributed by atoms with van der Waals surface area (Å²) in [6.07, 6.45) is 0. The first kappa shape index (κ1) is 16.5. The Morgan fingerprint density at radius 1 is 1.05 bits per heavy atom. The van der Waals surface area contributed by atoms with Crippen LogP contribution in [-0.2, 0) is 13.1 Å². The van der Waals surface area contributed by atoms with E-state index in [0.717, 1.165) is 26.2 Å². The van der Waals surface area contributed by atoms with Crippen LogP contribution in [0.1, 0.15) is 38.8 Å². The topological polar surface area (TPSA) is 18.5 Å². The largest absolute Gasteiger partial charge is 0.310 e. The van der Waals surface area contributed by atoms with Crippen LogP contribution < -0.4 is 5.32 Å². The lowest BCUT2D eigenvalue weighted by atomic mass is 10.1. The van der Waals surface area contributed by atoms with Gasteiger partial charge in [0, 0.05) is 44.3 Å². The van der Waals surface area contributed by atoms with Crippen LogP contribution in [0.15, 0.2) is 24.3 Å². The molecule has 0 spiro atoms. The van der Waals surface area contributed by atoms with Crippen molar-refractivity contribution in [3.63, 3.8) is 0 Å². The second kappa shape index (κ2) is 7.39. The van der Waals surface area contributed by atoms with Crippen molar-refractivity contribution in [1.82, 2.24) is 15.1 Å². The lowest BCUT2D eigenvalue weighted by Crippen LogP contribution is -2.54. The monoisotopic (exact) mass is 289 g/mol. The van der Waals surface area contributed by atoms with E-state index in [1.54, 1.807) is 0 Å². The van der Waals surface area contributed by atoms with E-state index in [-0.39, 0.29) is 0 Å². The van der Waals surface area contributed by atoms with Crippen molar-refractivity contribution in [3.8, 4) is 0 Å². The van der Waals surface area contributed by atoms with Crippen molar-refractivity contribution in [3.05, 3.63) is 35.4 Å². The molecule has 0 amide bonds. The van der Waals surface area contributed by atoms with Gasteiger partial charge in [-0.15, -0.1) is 0 Å².